The smallest absolute Gasteiger partial charge is 0.243 e. The molecule has 2 atom stereocenters. The van der Waals surface area contributed by atoms with Gasteiger partial charge in [0.15, 0.2) is 0 Å². The van der Waals surface area contributed by atoms with E-state index in [9.17, 15) is 4.79 Å². The molecule has 1 aliphatic carbocycles. The van der Waals surface area contributed by atoms with Crippen molar-refractivity contribution < 1.29 is 4.79 Å². The van der Waals surface area contributed by atoms with Crippen LogP contribution in [0.5, 0.6) is 0 Å². The van der Waals surface area contributed by atoms with E-state index in [0.717, 1.165) is 11.3 Å². The lowest BCUT2D eigenvalue weighted by Gasteiger charge is -2.19. The average Bonchev–Trinajstić information content (AvgIpc) is 3.24. The molecule has 1 aliphatic rings. The van der Waals surface area contributed by atoms with Crippen LogP contribution in [0.4, 0.5) is 0 Å². The van der Waals surface area contributed by atoms with Gasteiger partial charge in [-0.05, 0) is 52.8 Å². The van der Waals surface area contributed by atoms with Gasteiger partial charge in [-0.1, -0.05) is 45.0 Å². The van der Waals surface area contributed by atoms with Crippen molar-refractivity contribution in [3.63, 3.8) is 0 Å². The molecule has 3 nitrogen and oxygen atoms in total. The molecule has 24 heavy (non-hydrogen) atoms. The normalized spacial score (nSPS) is 20.3. The molecule has 1 aromatic heterocycles. The number of carbonyl (C=O) groups excluding carboxylic acids is 1. The van der Waals surface area contributed by atoms with Crippen molar-refractivity contribution in [2.45, 2.75) is 45.4 Å². The zero-order chi connectivity index (χ0) is 17.3. The maximum atomic E-state index is 12.2. The molecule has 1 saturated carbocycles. The summed E-state index contributed by atoms with van der Waals surface area (Å²) in [4.78, 5) is 13.3. The second kappa shape index (κ2) is 6.52. The molecule has 0 radical (unpaired) electrons. The Morgan fingerprint density at radius 3 is 2.54 bits per heavy atom. The molecule has 1 amide bonds. The van der Waals surface area contributed by atoms with Crippen molar-refractivity contribution in [1.29, 1.82) is 0 Å². The summed E-state index contributed by atoms with van der Waals surface area (Å²) < 4.78 is 0. The highest BCUT2D eigenvalue weighted by molar-refractivity contribution is 7.11. The molecule has 2 aromatic rings. The van der Waals surface area contributed by atoms with Crippen LogP contribution < -0.4 is 5.43 Å². The highest BCUT2D eigenvalue weighted by atomic mass is 32.1. The Morgan fingerprint density at radius 2 is 1.96 bits per heavy atom. The molecule has 126 valence electrons. The average molecular weight is 340 g/mol. The van der Waals surface area contributed by atoms with E-state index in [1.165, 1.54) is 16.7 Å². The molecular weight excluding hydrogens is 316 g/mol. The zero-order valence-corrected chi connectivity index (χ0v) is 15.5. The third-order valence-corrected chi connectivity index (χ3v) is 5.54. The number of hydrazone groups is 1. The van der Waals surface area contributed by atoms with Crippen LogP contribution in [0.25, 0.3) is 0 Å². The molecule has 1 N–H and O–H groups in total. The van der Waals surface area contributed by atoms with Gasteiger partial charge in [-0.2, -0.15) is 5.10 Å². The van der Waals surface area contributed by atoms with Gasteiger partial charge in [0, 0.05) is 10.8 Å². The summed E-state index contributed by atoms with van der Waals surface area (Å²) in [5.41, 5.74) is 6.60. The summed E-state index contributed by atoms with van der Waals surface area (Å²) in [5.74, 6) is 0.398. The second-order valence-corrected chi connectivity index (χ2v) is 8.47. The van der Waals surface area contributed by atoms with Crippen molar-refractivity contribution >= 4 is 23.5 Å². The number of benzene rings is 1. The summed E-state index contributed by atoms with van der Waals surface area (Å²) in [6.45, 7) is 8.67. The number of hydrogen-bond donors (Lipinski definition) is 1. The third kappa shape index (κ3) is 3.75. The van der Waals surface area contributed by atoms with E-state index in [4.69, 9.17) is 0 Å². The van der Waals surface area contributed by atoms with Crippen molar-refractivity contribution in [2.75, 3.05) is 0 Å². The van der Waals surface area contributed by atoms with E-state index >= 15 is 0 Å². The topological polar surface area (TPSA) is 41.5 Å². The standard InChI is InChI=1S/C20H24N2OS/c1-13-9-10-24-18(13)12-21-22-19(23)17-11-16(17)14-5-7-15(8-6-14)20(2,3)4/h5-10,12,16-17H,11H2,1-4H3,(H,22,23)/b21-12-/t16-,17-/m1/s1. The fraction of sp³-hybridized carbons (Fsp3) is 0.400. The van der Waals surface area contributed by atoms with Gasteiger partial charge in [-0.25, -0.2) is 5.43 Å². The number of nitrogens with one attached hydrogen (secondary N) is 1. The lowest BCUT2D eigenvalue weighted by molar-refractivity contribution is -0.122. The van der Waals surface area contributed by atoms with Crippen LogP contribution in [-0.4, -0.2) is 12.1 Å². The third-order valence-electron chi connectivity index (χ3n) is 4.59. The predicted octanol–water partition coefficient (Wildman–Crippen LogP) is 4.61. The number of carbonyl (C=O) groups is 1. The Labute approximate surface area is 147 Å². The first kappa shape index (κ1) is 16.9. The summed E-state index contributed by atoms with van der Waals surface area (Å²) >= 11 is 1.63. The highest BCUT2D eigenvalue weighted by Gasteiger charge is 2.43. The van der Waals surface area contributed by atoms with Crippen LogP contribution in [0.15, 0.2) is 40.8 Å². The Morgan fingerprint density at radius 1 is 1.25 bits per heavy atom. The number of aryl methyl sites for hydroxylation is 1. The van der Waals surface area contributed by atoms with Gasteiger partial charge in [0.25, 0.3) is 0 Å². The first-order chi connectivity index (χ1) is 11.4. The largest absolute Gasteiger partial charge is 0.273 e. The molecule has 0 saturated heterocycles. The van der Waals surface area contributed by atoms with Gasteiger partial charge in [0.05, 0.1) is 6.21 Å². The Kier molecular flexibility index (Phi) is 4.59. The van der Waals surface area contributed by atoms with Crippen LogP contribution in [0.1, 0.15) is 54.7 Å². The molecular formula is C20H24N2OS. The van der Waals surface area contributed by atoms with E-state index in [2.05, 4.69) is 55.6 Å². The number of thiophene rings is 1. The molecule has 0 aliphatic heterocycles. The fourth-order valence-corrected chi connectivity index (χ4v) is 3.62. The van der Waals surface area contributed by atoms with Crippen molar-refractivity contribution in [2.24, 2.45) is 11.0 Å². The fourth-order valence-electron chi connectivity index (χ4n) is 2.84. The number of nitrogens with zero attached hydrogens (tertiary/aromatic N) is 1. The van der Waals surface area contributed by atoms with E-state index in [0.29, 0.717) is 5.92 Å². The predicted molar refractivity (Wildman–Crippen MR) is 101 cm³/mol. The summed E-state index contributed by atoms with van der Waals surface area (Å²) in [6, 6.07) is 10.7. The Bertz CT molecular complexity index is 753. The molecule has 1 fully saturated rings. The Balaban J connectivity index is 1.56. The first-order valence-corrected chi connectivity index (χ1v) is 9.21. The molecule has 0 unspecified atom stereocenters. The minimum Gasteiger partial charge on any atom is -0.273 e. The van der Waals surface area contributed by atoms with Gasteiger partial charge in [-0.3, -0.25) is 4.79 Å². The SMILES string of the molecule is Cc1ccsc1/C=N\NC(=O)[C@@H]1C[C@@H]1c1ccc(C(C)(C)C)cc1. The molecule has 3 rings (SSSR count). The summed E-state index contributed by atoms with van der Waals surface area (Å²) in [7, 11) is 0. The molecule has 1 aromatic carbocycles. The lowest BCUT2D eigenvalue weighted by atomic mass is 9.86. The van der Waals surface area contributed by atoms with Gasteiger partial charge in [-0.15, -0.1) is 11.3 Å². The van der Waals surface area contributed by atoms with Crippen LogP contribution >= 0.6 is 11.3 Å². The highest BCUT2D eigenvalue weighted by Crippen LogP contribution is 2.47. The number of rotatable bonds is 4. The van der Waals surface area contributed by atoms with Crippen LogP contribution in [0.3, 0.4) is 0 Å². The van der Waals surface area contributed by atoms with Crippen molar-refractivity contribution in [3.8, 4) is 0 Å². The Hall–Kier alpha value is -1.94. The molecule has 0 spiro atoms. The van der Waals surface area contributed by atoms with Crippen molar-refractivity contribution in [3.05, 3.63) is 57.3 Å². The zero-order valence-electron chi connectivity index (χ0n) is 14.7. The quantitative estimate of drug-likeness (QED) is 0.641. The van der Waals surface area contributed by atoms with E-state index in [1.807, 2.05) is 18.4 Å². The molecule has 4 heteroatoms. The van der Waals surface area contributed by atoms with Crippen LogP contribution in [-0.2, 0) is 10.2 Å². The number of hydrogen-bond acceptors (Lipinski definition) is 3. The summed E-state index contributed by atoms with van der Waals surface area (Å²) in [6.07, 6.45) is 2.64. The van der Waals surface area contributed by atoms with Crippen LogP contribution in [0, 0.1) is 12.8 Å². The van der Waals surface area contributed by atoms with E-state index in [-0.39, 0.29) is 17.2 Å². The maximum Gasteiger partial charge on any atom is 0.243 e. The van der Waals surface area contributed by atoms with E-state index < -0.39 is 0 Å². The van der Waals surface area contributed by atoms with Gasteiger partial charge < -0.3 is 0 Å². The monoisotopic (exact) mass is 340 g/mol. The van der Waals surface area contributed by atoms with Gasteiger partial charge >= 0.3 is 0 Å². The van der Waals surface area contributed by atoms with Crippen LogP contribution in [0.2, 0.25) is 0 Å². The number of amides is 1. The molecule has 1 heterocycles. The minimum atomic E-state index is 0.0188. The van der Waals surface area contributed by atoms with Gasteiger partial charge in [0.1, 0.15) is 0 Å². The van der Waals surface area contributed by atoms with Gasteiger partial charge in [0.2, 0.25) is 5.91 Å². The summed E-state index contributed by atoms with van der Waals surface area (Å²) in [5, 5.41) is 6.12. The second-order valence-electron chi connectivity index (χ2n) is 7.52. The van der Waals surface area contributed by atoms with Crippen molar-refractivity contribution in [1.82, 2.24) is 5.43 Å². The lowest BCUT2D eigenvalue weighted by Crippen LogP contribution is -2.20. The first-order valence-electron chi connectivity index (χ1n) is 8.33. The molecule has 0 bridgehead atoms. The van der Waals surface area contributed by atoms with E-state index in [1.54, 1.807) is 17.6 Å². The minimum absolute atomic E-state index is 0.0188. The maximum absolute atomic E-state index is 12.2.